The van der Waals surface area contributed by atoms with Crippen molar-refractivity contribution in [1.82, 2.24) is 10.2 Å². The predicted molar refractivity (Wildman–Crippen MR) is 106 cm³/mol. The fraction of sp³-hybridized carbons (Fsp3) is 0.381. The summed E-state index contributed by atoms with van der Waals surface area (Å²) in [5.41, 5.74) is 1.92. The molecule has 6 nitrogen and oxygen atoms in total. The number of carbonyl (C=O) groups excluding carboxylic acids is 1. The molecule has 0 aromatic heterocycles. The normalized spacial score (nSPS) is 20.1. The first-order chi connectivity index (χ1) is 13.2. The van der Waals surface area contributed by atoms with Gasteiger partial charge in [-0.3, -0.25) is 4.90 Å². The molecule has 3 N–H and O–H groups in total. The number of benzene rings is 2. The minimum atomic E-state index is -0.270. The highest BCUT2D eigenvalue weighted by Gasteiger charge is 2.30. The van der Waals surface area contributed by atoms with Crippen LogP contribution in [0.15, 0.2) is 54.6 Å². The van der Waals surface area contributed by atoms with E-state index in [1.807, 2.05) is 36.4 Å². The Labute approximate surface area is 160 Å². The third kappa shape index (κ3) is 5.45. The van der Waals surface area contributed by atoms with Gasteiger partial charge in [-0.2, -0.15) is 0 Å². The first kappa shape index (κ1) is 19.2. The lowest BCUT2D eigenvalue weighted by molar-refractivity contribution is 0.0958. The summed E-state index contributed by atoms with van der Waals surface area (Å²) in [7, 11) is 1.59. The standard InChI is InChI=1S/C21H27N3O3/c1-27-19-9-5-8-18(12-19)22-21(26)23-20-14-24(11-10-17(20)15-25)13-16-6-3-2-4-7-16/h2-9,12,17,20,25H,10-11,13-15H2,1H3,(H2,22,23,26)/t17-,20-/m0/s1. The minimum absolute atomic E-state index is 0.0630. The number of hydrogen-bond acceptors (Lipinski definition) is 4. The van der Waals surface area contributed by atoms with Crippen LogP contribution in [0.5, 0.6) is 5.75 Å². The number of piperidine rings is 1. The van der Waals surface area contributed by atoms with Gasteiger partial charge in [-0.1, -0.05) is 36.4 Å². The third-order valence-electron chi connectivity index (χ3n) is 4.97. The van der Waals surface area contributed by atoms with E-state index in [4.69, 9.17) is 4.74 Å². The molecule has 6 heteroatoms. The summed E-state index contributed by atoms with van der Waals surface area (Å²) in [6, 6.07) is 17.2. The van der Waals surface area contributed by atoms with Crippen LogP contribution in [0.4, 0.5) is 10.5 Å². The molecule has 2 amide bonds. The molecule has 2 aromatic carbocycles. The van der Waals surface area contributed by atoms with Crippen LogP contribution in [0.25, 0.3) is 0 Å². The number of carbonyl (C=O) groups is 1. The van der Waals surface area contributed by atoms with E-state index < -0.39 is 0 Å². The Morgan fingerprint density at radius 2 is 2.04 bits per heavy atom. The summed E-state index contributed by atoms with van der Waals surface area (Å²) in [5.74, 6) is 0.751. The topological polar surface area (TPSA) is 73.8 Å². The average Bonchev–Trinajstić information content (AvgIpc) is 2.69. The molecule has 0 bridgehead atoms. The number of aliphatic hydroxyl groups excluding tert-OH is 1. The number of amides is 2. The fourth-order valence-corrected chi connectivity index (χ4v) is 3.47. The maximum Gasteiger partial charge on any atom is 0.319 e. The summed E-state index contributed by atoms with van der Waals surface area (Å²) in [6.07, 6.45) is 0.855. The van der Waals surface area contributed by atoms with Crippen LogP contribution in [0.1, 0.15) is 12.0 Å². The van der Waals surface area contributed by atoms with E-state index in [0.717, 1.165) is 19.5 Å². The second-order valence-corrected chi connectivity index (χ2v) is 6.89. The molecule has 1 aliphatic rings. The number of likely N-dealkylation sites (tertiary alicyclic amines) is 1. The summed E-state index contributed by atoms with van der Waals surface area (Å²) < 4.78 is 5.18. The number of urea groups is 1. The number of methoxy groups -OCH3 is 1. The Kier molecular flexibility index (Phi) is 6.68. The lowest BCUT2D eigenvalue weighted by Crippen LogP contribution is -2.54. The van der Waals surface area contributed by atoms with Crippen LogP contribution in [0.3, 0.4) is 0 Å². The molecule has 0 aliphatic carbocycles. The Balaban J connectivity index is 1.59. The number of anilines is 1. The lowest BCUT2D eigenvalue weighted by Gasteiger charge is -2.38. The zero-order valence-corrected chi connectivity index (χ0v) is 15.6. The van der Waals surface area contributed by atoms with Crippen molar-refractivity contribution in [3.63, 3.8) is 0 Å². The van der Waals surface area contributed by atoms with E-state index in [-0.39, 0.29) is 24.6 Å². The zero-order chi connectivity index (χ0) is 19.1. The van der Waals surface area contributed by atoms with Gasteiger partial charge in [-0.15, -0.1) is 0 Å². The van der Waals surface area contributed by atoms with Crippen LogP contribution in [-0.4, -0.2) is 48.9 Å². The van der Waals surface area contributed by atoms with E-state index in [1.165, 1.54) is 5.56 Å². The SMILES string of the molecule is COc1cccc(NC(=O)N[C@H]2CN(Cc3ccccc3)CC[C@H]2CO)c1. The molecular formula is C21H27N3O3. The van der Waals surface area contributed by atoms with Gasteiger partial charge in [0.05, 0.1) is 7.11 Å². The van der Waals surface area contributed by atoms with Crippen LogP contribution >= 0.6 is 0 Å². The number of nitrogens with zero attached hydrogens (tertiary/aromatic N) is 1. The average molecular weight is 369 g/mol. The zero-order valence-electron chi connectivity index (χ0n) is 15.6. The molecule has 1 aliphatic heterocycles. The summed E-state index contributed by atoms with van der Waals surface area (Å²) in [4.78, 5) is 14.8. The summed E-state index contributed by atoms with van der Waals surface area (Å²) in [5, 5.41) is 15.6. The third-order valence-corrected chi connectivity index (χ3v) is 4.97. The van der Waals surface area contributed by atoms with E-state index in [0.29, 0.717) is 18.0 Å². The molecule has 1 saturated heterocycles. The fourth-order valence-electron chi connectivity index (χ4n) is 3.47. The van der Waals surface area contributed by atoms with Crippen molar-refractivity contribution in [3.8, 4) is 5.75 Å². The van der Waals surface area contributed by atoms with Gasteiger partial charge in [0.25, 0.3) is 0 Å². The lowest BCUT2D eigenvalue weighted by atomic mass is 9.92. The Morgan fingerprint density at radius 1 is 1.22 bits per heavy atom. The van der Waals surface area contributed by atoms with Crippen LogP contribution in [0.2, 0.25) is 0 Å². The molecule has 0 unspecified atom stereocenters. The first-order valence-electron chi connectivity index (χ1n) is 9.26. The van der Waals surface area contributed by atoms with Gasteiger partial charge in [0, 0.05) is 43.4 Å². The molecule has 0 spiro atoms. The second kappa shape index (κ2) is 9.39. The number of hydrogen-bond donors (Lipinski definition) is 3. The van der Waals surface area contributed by atoms with Crippen molar-refractivity contribution in [2.24, 2.45) is 5.92 Å². The van der Waals surface area contributed by atoms with Crippen molar-refractivity contribution in [1.29, 1.82) is 0 Å². The first-order valence-corrected chi connectivity index (χ1v) is 9.26. The van der Waals surface area contributed by atoms with Crippen molar-refractivity contribution in [2.45, 2.75) is 19.0 Å². The highest BCUT2D eigenvalue weighted by Crippen LogP contribution is 2.20. The van der Waals surface area contributed by atoms with Crippen LogP contribution < -0.4 is 15.4 Å². The molecule has 0 saturated carbocycles. The van der Waals surface area contributed by atoms with Crippen molar-refractivity contribution in [3.05, 3.63) is 60.2 Å². The summed E-state index contributed by atoms with van der Waals surface area (Å²) >= 11 is 0. The van der Waals surface area contributed by atoms with Gasteiger partial charge in [-0.05, 0) is 30.7 Å². The monoisotopic (exact) mass is 369 g/mol. The van der Waals surface area contributed by atoms with Crippen LogP contribution in [-0.2, 0) is 6.54 Å². The highest BCUT2D eigenvalue weighted by molar-refractivity contribution is 5.89. The Morgan fingerprint density at radius 3 is 2.78 bits per heavy atom. The molecule has 3 rings (SSSR count). The molecule has 1 heterocycles. The molecular weight excluding hydrogens is 342 g/mol. The van der Waals surface area contributed by atoms with E-state index >= 15 is 0 Å². The van der Waals surface area contributed by atoms with E-state index in [2.05, 4.69) is 27.7 Å². The molecule has 27 heavy (non-hydrogen) atoms. The molecule has 2 atom stereocenters. The Hall–Kier alpha value is -2.57. The van der Waals surface area contributed by atoms with E-state index in [9.17, 15) is 9.90 Å². The van der Waals surface area contributed by atoms with Crippen LogP contribution in [0, 0.1) is 5.92 Å². The number of rotatable bonds is 6. The summed E-state index contributed by atoms with van der Waals surface area (Å²) in [6.45, 7) is 2.54. The largest absolute Gasteiger partial charge is 0.497 e. The van der Waals surface area contributed by atoms with Gasteiger partial charge in [0.2, 0.25) is 0 Å². The van der Waals surface area contributed by atoms with E-state index in [1.54, 1.807) is 13.2 Å². The number of ether oxygens (including phenoxy) is 1. The molecule has 1 fully saturated rings. The van der Waals surface area contributed by atoms with Crippen molar-refractivity contribution in [2.75, 3.05) is 32.1 Å². The van der Waals surface area contributed by atoms with Gasteiger partial charge in [-0.25, -0.2) is 4.79 Å². The van der Waals surface area contributed by atoms with Crippen molar-refractivity contribution >= 4 is 11.7 Å². The maximum absolute atomic E-state index is 12.4. The number of nitrogens with one attached hydrogen (secondary N) is 2. The smallest absolute Gasteiger partial charge is 0.319 e. The van der Waals surface area contributed by atoms with Gasteiger partial charge in [0.15, 0.2) is 0 Å². The minimum Gasteiger partial charge on any atom is -0.497 e. The number of aliphatic hydroxyl groups is 1. The van der Waals surface area contributed by atoms with Gasteiger partial charge >= 0.3 is 6.03 Å². The van der Waals surface area contributed by atoms with Crippen molar-refractivity contribution < 1.29 is 14.6 Å². The molecule has 2 aromatic rings. The molecule has 0 radical (unpaired) electrons. The maximum atomic E-state index is 12.4. The quantitative estimate of drug-likeness (QED) is 0.732. The second-order valence-electron chi connectivity index (χ2n) is 6.89. The molecule has 144 valence electrons. The predicted octanol–water partition coefficient (Wildman–Crippen LogP) is 2.70. The highest BCUT2D eigenvalue weighted by atomic mass is 16.5. The van der Waals surface area contributed by atoms with Gasteiger partial charge < -0.3 is 20.5 Å². The Bertz CT molecular complexity index is 738. The van der Waals surface area contributed by atoms with Gasteiger partial charge in [0.1, 0.15) is 5.75 Å².